The Balaban J connectivity index is 1.76. The molecule has 0 unspecified atom stereocenters. The number of hydrogen-bond donors (Lipinski definition) is 0. The molecule has 0 bridgehead atoms. The van der Waals surface area contributed by atoms with E-state index in [1.54, 1.807) is 23.4 Å². The molecule has 1 aliphatic rings. The third-order valence-electron chi connectivity index (χ3n) is 3.93. The van der Waals surface area contributed by atoms with Gasteiger partial charge in [-0.25, -0.2) is 19.9 Å². The normalized spacial score (nSPS) is 14.7. The van der Waals surface area contributed by atoms with Crippen molar-refractivity contribution >= 4 is 23.5 Å². The Labute approximate surface area is 149 Å². The van der Waals surface area contributed by atoms with Gasteiger partial charge in [0, 0.05) is 32.4 Å². The van der Waals surface area contributed by atoms with Crippen molar-refractivity contribution in [3.63, 3.8) is 0 Å². The van der Waals surface area contributed by atoms with Crippen LogP contribution in [0.2, 0.25) is 0 Å². The van der Waals surface area contributed by atoms with E-state index in [1.807, 2.05) is 11.2 Å². The van der Waals surface area contributed by atoms with Gasteiger partial charge in [0.1, 0.15) is 23.7 Å². The second kappa shape index (κ2) is 7.90. The van der Waals surface area contributed by atoms with Gasteiger partial charge in [-0.3, -0.25) is 4.79 Å². The van der Waals surface area contributed by atoms with Crippen molar-refractivity contribution in [3.05, 3.63) is 36.0 Å². The lowest BCUT2D eigenvalue weighted by atomic mass is 10.3. The van der Waals surface area contributed by atoms with E-state index in [1.165, 1.54) is 18.1 Å². The Morgan fingerprint density at radius 2 is 2.16 bits per heavy atom. The highest BCUT2D eigenvalue weighted by molar-refractivity contribution is 7.98. The maximum absolute atomic E-state index is 12.6. The van der Waals surface area contributed by atoms with Gasteiger partial charge in [-0.05, 0) is 18.7 Å². The molecule has 0 radical (unpaired) electrons. The lowest BCUT2D eigenvalue weighted by Crippen LogP contribution is -2.36. The predicted molar refractivity (Wildman–Crippen MR) is 93.3 cm³/mol. The highest BCUT2D eigenvalue weighted by Crippen LogP contribution is 2.21. The number of carbonyl (C=O) groups is 1. The maximum atomic E-state index is 12.6. The first kappa shape index (κ1) is 17.1. The molecule has 1 fully saturated rings. The third-order valence-corrected chi connectivity index (χ3v) is 4.50. The zero-order valence-corrected chi connectivity index (χ0v) is 14.6. The molecule has 1 aliphatic heterocycles. The van der Waals surface area contributed by atoms with E-state index in [0.29, 0.717) is 41.9 Å². The summed E-state index contributed by atoms with van der Waals surface area (Å²) in [5, 5.41) is 9.96. The molecule has 0 aromatic carbocycles. The molecule has 1 amide bonds. The lowest BCUT2D eigenvalue weighted by Gasteiger charge is -2.23. The zero-order chi connectivity index (χ0) is 17.6. The van der Waals surface area contributed by atoms with Gasteiger partial charge in [0.05, 0.1) is 6.20 Å². The number of nitriles is 1. The summed E-state index contributed by atoms with van der Waals surface area (Å²) >= 11 is 1.44. The van der Waals surface area contributed by atoms with Crippen molar-refractivity contribution in [3.8, 4) is 6.07 Å². The zero-order valence-electron chi connectivity index (χ0n) is 13.8. The van der Waals surface area contributed by atoms with Crippen molar-refractivity contribution in [2.75, 3.05) is 37.3 Å². The van der Waals surface area contributed by atoms with E-state index in [0.717, 1.165) is 13.0 Å². The Bertz CT molecular complexity index is 793. The first-order valence-corrected chi connectivity index (χ1v) is 9.06. The Morgan fingerprint density at radius 1 is 1.28 bits per heavy atom. The summed E-state index contributed by atoms with van der Waals surface area (Å²) in [6.45, 7) is 2.53. The molecule has 2 aromatic heterocycles. The highest BCUT2D eigenvalue weighted by atomic mass is 32.2. The molecule has 8 nitrogen and oxygen atoms in total. The monoisotopic (exact) mass is 355 g/mol. The molecule has 9 heteroatoms. The Morgan fingerprint density at radius 3 is 2.88 bits per heavy atom. The Hall–Kier alpha value is -2.73. The van der Waals surface area contributed by atoms with Crippen LogP contribution < -0.4 is 4.90 Å². The van der Waals surface area contributed by atoms with Crippen LogP contribution in [0.5, 0.6) is 0 Å². The largest absolute Gasteiger partial charge is 0.354 e. The average molecular weight is 355 g/mol. The van der Waals surface area contributed by atoms with Gasteiger partial charge in [-0.1, -0.05) is 11.8 Å². The minimum absolute atomic E-state index is 0.0998. The van der Waals surface area contributed by atoms with Crippen LogP contribution in [-0.2, 0) is 0 Å². The summed E-state index contributed by atoms with van der Waals surface area (Å²) in [4.78, 5) is 32.9. The van der Waals surface area contributed by atoms with Crippen LogP contribution in [0.4, 0.5) is 5.82 Å². The van der Waals surface area contributed by atoms with Crippen molar-refractivity contribution in [1.29, 1.82) is 5.26 Å². The molecule has 3 heterocycles. The van der Waals surface area contributed by atoms with E-state index >= 15 is 0 Å². The number of aromatic nitrogens is 4. The van der Waals surface area contributed by atoms with Gasteiger partial charge in [-0.2, -0.15) is 5.26 Å². The van der Waals surface area contributed by atoms with Crippen LogP contribution in [0, 0.1) is 11.3 Å². The number of thioether (sulfide) groups is 1. The van der Waals surface area contributed by atoms with E-state index in [2.05, 4.69) is 26.0 Å². The molecule has 0 atom stereocenters. The fourth-order valence-corrected chi connectivity index (χ4v) is 3.02. The van der Waals surface area contributed by atoms with Crippen LogP contribution in [0.1, 0.15) is 22.5 Å². The second-order valence-electron chi connectivity index (χ2n) is 5.43. The number of amides is 1. The van der Waals surface area contributed by atoms with Crippen molar-refractivity contribution < 1.29 is 4.79 Å². The molecular formula is C16H17N7OS. The minimum Gasteiger partial charge on any atom is -0.354 e. The van der Waals surface area contributed by atoms with E-state index in [4.69, 9.17) is 0 Å². The topological polar surface area (TPSA) is 98.9 Å². The average Bonchev–Trinajstić information content (AvgIpc) is 2.93. The first-order chi connectivity index (χ1) is 12.2. The van der Waals surface area contributed by atoms with Gasteiger partial charge in [0.15, 0.2) is 11.0 Å². The minimum atomic E-state index is -0.0998. The summed E-state index contributed by atoms with van der Waals surface area (Å²) < 4.78 is 0. The van der Waals surface area contributed by atoms with Gasteiger partial charge < -0.3 is 9.80 Å². The third kappa shape index (κ3) is 3.85. The van der Waals surface area contributed by atoms with Crippen molar-refractivity contribution in [2.24, 2.45) is 0 Å². The summed E-state index contributed by atoms with van der Waals surface area (Å²) in [5.41, 5.74) is 0.848. The molecule has 0 aliphatic carbocycles. The van der Waals surface area contributed by atoms with Gasteiger partial charge in [-0.15, -0.1) is 0 Å². The van der Waals surface area contributed by atoms with Crippen molar-refractivity contribution in [2.45, 2.75) is 11.6 Å². The van der Waals surface area contributed by atoms with E-state index in [-0.39, 0.29) is 5.91 Å². The van der Waals surface area contributed by atoms with Gasteiger partial charge in [0.2, 0.25) is 0 Å². The van der Waals surface area contributed by atoms with Crippen LogP contribution >= 0.6 is 11.8 Å². The summed E-state index contributed by atoms with van der Waals surface area (Å²) in [5.74, 6) is 0.537. The summed E-state index contributed by atoms with van der Waals surface area (Å²) in [7, 11) is 0. The molecule has 25 heavy (non-hydrogen) atoms. The predicted octanol–water partition coefficient (Wildman–Crippen LogP) is 1.21. The Kier molecular flexibility index (Phi) is 5.40. The molecular weight excluding hydrogens is 338 g/mol. The molecule has 3 rings (SSSR count). The van der Waals surface area contributed by atoms with E-state index < -0.39 is 0 Å². The molecule has 1 saturated heterocycles. The number of carbonyl (C=O) groups excluding carboxylic acids is 1. The number of hydrogen-bond acceptors (Lipinski definition) is 8. The second-order valence-corrected chi connectivity index (χ2v) is 6.21. The molecule has 0 saturated carbocycles. The number of nitrogens with zero attached hydrogens (tertiary/aromatic N) is 7. The fourth-order valence-electron chi connectivity index (χ4n) is 2.69. The lowest BCUT2D eigenvalue weighted by molar-refractivity contribution is 0.0761. The summed E-state index contributed by atoms with van der Waals surface area (Å²) in [6, 6.07) is 3.77. The van der Waals surface area contributed by atoms with Crippen LogP contribution in [0.25, 0.3) is 0 Å². The SMILES string of the molecule is CSc1ncc(C#N)c(N2CCCN(C(=O)c3ccncn3)CC2)n1. The van der Waals surface area contributed by atoms with Crippen molar-refractivity contribution in [1.82, 2.24) is 24.8 Å². The van der Waals surface area contributed by atoms with Gasteiger partial charge in [0.25, 0.3) is 5.91 Å². The van der Waals surface area contributed by atoms with Crippen LogP contribution in [0.3, 0.4) is 0 Å². The van der Waals surface area contributed by atoms with Crippen LogP contribution in [-0.4, -0.2) is 63.2 Å². The van der Waals surface area contributed by atoms with Gasteiger partial charge >= 0.3 is 0 Å². The standard InChI is InChI=1S/C16H17N7OS/c1-25-16-19-10-12(9-17)14(21-16)22-5-2-6-23(8-7-22)15(24)13-3-4-18-11-20-13/h3-4,10-11H,2,5-8H2,1H3. The molecule has 0 spiro atoms. The highest BCUT2D eigenvalue weighted by Gasteiger charge is 2.23. The molecule has 0 N–H and O–H groups in total. The smallest absolute Gasteiger partial charge is 0.272 e. The number of anilines is 1. The first-order valence-electron chi connectivity index (χ1n) is 7.84. The van der Waals surface area contributed by atoms with E-state index in [9.17, 15) is 10.1 Å². The quantitative estimate of drug-likeness (QED) is 0.598. The number of rotatable bonds is 3. The van der Waals surface area contributed by atoms with Crippen LogP contribution in [0.15, 0.2) is 29.9 Å². The summed E-state index contributed by atoms with van der Waals surface area (Å²) in [6.07, 6.45) is 7.19. The molecule has 2 aromatic rings. The molecule has 128 valence electrons. The fraction of sp³-hybridized carbons (Fsp3) is 0.375. The maximum Gasteiger partial charge on any atom is 0.272 e.